The normalized spacial score (nSPS) is 12.8. The summed E-state index contributed by atoms with van der Waals surface area (Å²) in [5.41, 5.74) is 6.39. The van der Waals surface area contributed by atoms with E-state index in [1.807, 2.05) is 0 Å². The van der Waals surface area contributed by atoms with Crippen LogP contribution < -0.4 is 5.73 Å². The number of hydrogen-bond donors (Lipinski definition) is 3. The largest absolute Gasteiger partial charge is 0.506 e. The topological polar surface area (TPSA) is 66.5 Å². The average molecular weight is 246 g/mol. The summed E-state index contributed by atoms with van der Waals surface area (Å²) in [5.74, 6) is 0.156. The molecule has 0 aliphatic heterocycles. The van der Waals surface area contributed by atoms with E-state index in [9.17, 15) is 5.11 Å². The van der Waals surface area contributed by atoms with E-state index in [0.29, 0.717) is 16.5 Å². The van der Waals surface area contributed by atoms with E-state index in [1.165, 1.54) is 0 Å². The van der Waals surface area contributed by atoms with Crippen LogP contribution in [0, 0.1) is 0 Å². The molecule has 1 aromatic rings. The van der Waals surface area contributed by atoms with Crippen molar-refractivity contribution in [3.05, 3.63) is 28.2 Å². The van der Waals surface area contributed by atoms with Crippen molar-refractivity contribution in [1.82, 2.24) is 0 Å². The molecular weight excluding hydrogens is 234 g/mol. The molecule has 0 unspecified atom stereocenters. The molecule has 0 aliphatic rings. The minimum Gasteiger partial charge on any atom is -0.506 e. The van der Waals surface area contributed by atoms with Gasteiger partial charge in [0.25, 0.3) is 0 Å². The second kappa shape index (κ2) is 4.60. The van der Waals surface area contributed by atoms with Crippen molar-refractivity contribution in [3.63, 3.8) is 0 Å². The number of halogens is 1. The van der Waals surface area contributed by atoms with Crippen LogP contribution in [0.25, 0.3) is 0 Å². The number of phenols is 1. The number of phenolic OH excluding ortho intramolecular Hbond substituents is 1. The second-order valence-corrected chi connectivity index (χ2v) is 3.65. The first-order chi connectivity index (χ1) is 6.16. The van der Waals surface area contributed by atoms with Gasteiger partial charge in [-0.1, -0.05) is 12.1 Å². The Balaban J connectivity index is 2.93. The lowest BCUT2D eigenvalue weighted by Gasteiger charge is -2.12. The van der Waals surface area contributed by atoms with Crippen LogP contribution in [0.3, 0.4) is 0 Å². The fourth-order valence-electron chi connectivity index (χ4n) is 1.13. The third-order valence-corrected chi connectivity index (χ3v) is 2.50. The predicted octanol–water partition coefficient (Wildman–Crippen LogP) is 1.54. The molecule has 1 atom stereocenters. The number of aliphatic hydroxyl groups excluding tert-OH is 1. The Bertz CT molecular complexity index is 291. The van der Waals surface area contributed by atoms with Crippen LogP contribution in [0.2, 0.25) is 0 Å². The Labute approximate surface area is 85.3 Å². The lowest BCUT2D eigenvalue weighted by atomic mass is 10.0. The first-order valence-corrected chi connectivity index (χ1v) is 4.80. The maximum absolute atomic E-state index is 9.59. The second-order valence-electron chi connectivity index (χ2n) is 2.80. The summed E-state index contributed by atoms with van der Waals surface area (Å²) in [6.07, 6.45) is 0.448. The zero-order chi connectivity index (χ0) is 9.84. The van der Waals surface area contributed by atoms with Gasteiger partial charge in [-0.2, -0.15) is 0 Å². The van der Waals surface area contributed by atoms with E-state index >= 15 is 0 Å². The van der Waals surface area contributed by atoms with Crippen molar-refractivity contribution >= 4 is 15.9 Å². The van der Waals surface area contributed by atoms with Crippen LogP contribution in [-0.4, -0.2) is 16.8 Å². The number of rotatable bonds is 3. The number of hydrogen-bond acceptors (Lipinski definition) is 3. The fraction of sp³-hybridized carbons (Fsp3) is 0.333. The highest BCUT2D eigenvalue weighted by Crippen LogP contribution is 2.31. The molecular formula is C9H12BrNO2. The lowest BCUT2D eigenvalue weighted by molar-refractivity contribution is 0.275. The molecule has 72 valence electrons. The molecule has 0 radical (unpaired) electrons. The van der Waals surface area contributed by atoms with Crippen LogP contribution in [0.4, 0.5) is 0 Å². The fourth-order valence-corrected chi connectivity index (χ4v) is 1.51. The van der Waals surface area contributed by atoms with Crippen LogP contribution in [-0.2, 0) is 0 Å². The highest BCUT2D eigenvalue weighted by molar-refractivity contribution is 9.10. The zero-order valence-electron chi connectivity index (χ0n) is 7.07. The summed E-state index contributed by atoms with van der Waals surface area (Å²) < 4.78 is 0.624. The standard InChI is InChI=1S/C9H12BrNO2/c10-7-3-1-2-6(9(7)13)8(11)4-5-12/h1-3,8,12-13H,4-5,11H2/t8-/m1/s1. The van der Waals surface area contributed by atoms with Gasteiger partial charge in [0.1, 0.15) is 5.75 Å². The Morgan fingerprint density at radius 3 is 2.77 bits per heavy atom. The Hall–Kier alpha value is -0.580. The highest BCUT2D eigenvalue weighted by atomic mass is 79.9. The molecule has 1 aromatic carbocycles. The smallest absolute Gasteiger partial charge is 0.134 e. The molecule has 0 aliphatic carbocycles. The Morgan fingerprint density at radius 1 is 1.46 bits per heavy atom. The number of para-hydroxylation sites is 1. The van der Waals surface area contributed by atoms with Gasteiger partial charge in [-0.25, -0.2) is 0 Å². The Kier molecular flexibility index (Phi) is 3.71. The van der Waals surface area contributed by atoms with E-state index < -0.39 is 0 Å². The molecule has 0 saturated carbocycles. The monoisotopic (exact) mass is 245 g/mol. The number of aromatic hydroxyl groups is 1. The minimum absolute atomic E-state index is 0.0210. The molecule has 0 saturated heterocycles. The third-order valence-electron chi connectivity index (χ3n) is 1.86. The highest BCUT2D eigenvalue weighted by Gasteiger charge is 2.11. The summed E-state index contributed by atoms with van der Waals surface area (Å²) >= 11 is 3.20. The van der Waals surface area contributed by atoms with Crippen LogP contribution in [0.5, 0.6) is 5.75 Å². The molecule has 13 heavy (non-hydrogen) atoms. The van der Waals surface area contributed by atoms with Gasteiger partial charge < -0.3 is 15.9 Å². The van der Waals surface area contributed by atoms with Crippen molar-refractivity contribution in [2.75, 3.05) is 6.61 Å². The van der Waals surface area contributed by atoms with Gasteiger partial charge in [0.15, 0.2) is 0 Å². The van der Waals surface area contributed by atoms with E-state index in [2.05, 4.69) is 15.9 Å². The van der Waals surface area contributed by atoms with Crippen molar-refractivity contribution in [2.24, 2.45) is 5.73 Å². The Morgan fingerprint density at radius 2 is 2.15 bits per heavy atom. The maximum Gasteiger partial charge on any atom is 0.134 e. The summed E-state index contributed by atoms with van der Waals surface area (Å²) in [7, 11) is 0. The van der Waals surface area contributed by atoms with Crippen LogP contribution in [0.15, 0.2) is 22.7 Å². The lowest BCUT2D eigenvalue weighted by Crippen LogP contribution is -2.12. The quantitative estimate of drug-likeness (QED) is 0.757. The number of benzene rings is 1. The molecule has 3 nitrogen and oxygen atoms in total. The maximum atomic E-state index is 9.59. The predicted molar refractivity (Wildman–Crippen MR) is 54.4 cm³/mol. The average Bonchev–Trinajstić information content (AvgIpc) is 2.10. The molecule has 0 heterocycles. The van der Waals surface area contributed by atoms with Gasteiger partial charge in [0.05, 0.1) is 4.47 Å². The van der Waals surface area contributed by atoms with Crippen molar-refractivity contribution < 1.29 is 10.2 Å². The van der Waals surface area contributed by atoms with E-state index in [1.54, 1.807) is 18.2 Å². The first-order valence-electron chi connectivity index (χ1n) is 4.00. The number of nitrogens with two attached hydrogens (primary N) is 1. The molecule has 0 amide bonds. The van der Waals surface area contributed by atoms with E-state index in [-0.39, 0.29) is 18.4 Å². The number of aliphatic hydroxyl groups is 1. The van der Waals surface area contributed by atoms with Crippen LogP contribution >= 0.6 is 15.9 Å². The third kappa shape index (κ3) is 2.43. The van der Waals surface area contributed by atoms with Gasteiger partial charge in [-0.15, -0.1) is 0 Å². The van der Waals surface area contributed by atoms with E-state index in [4.69, 9.17) is 10.8 Å². The first kappa shape index (κ1) is 10.5. The molecule has 0 aromatic heterocycles. The van der Waals surface area contributed by atoms with Gasteiger partial charge in [0.2, 0.25) is 0 Å². The zero-order valence-corrected chi connectivity index (χ0v) is 8.66. The molecule has 0 fully saturated rings. The molecule has 1 rings (SSSR count). The summed E-state index contributed by atoms with van der Waals surface area (Å²) in [5, 5.41) is 18.3. The molecule has 4 heteroatoms. The van der Waals surface area contributed by atoms with Crippen molar-refractivity contribution in [1.29, 1.82) is 0 Å². The van der Waals surface area contributed by atoms with Gasteiger partial charge in [-0.05, 0) is 28.4 Å². The SMILES string of the molecule is N[C@H](CCO)c1cccc(Br)c1O. The van der Waals surface area contributed by atoms with E-state index in [0.717, 1.165) is 0 Å². The summed E-state index contributed by atoms with van der Waals surface area (Å²) in [6, 6.07) is 4.98. The van der Waals surface area contributed by atoms with Gasteiger partial charge >= 0.3 is 0 Å². The minimum atomic E-state index is -0.317. The summed E-state index contributed by atoms with van der Waals surface area (Å²) in [4.78, 5) is 0. The van der Waals surface area contributed by atoms with Crippen molar-refractivity contribution in [2.45, 2.75) is 12.5 Å². The van der Waals surface area contributed by atoms with Gasteiger partial charge in [0, 0.05) is 18.2 Å². The molecule has 4 N–H and O–H groups in total. The van der Waals surface area contributed by atoms with Crippen molar-refractivity contribution in [3.8, 4) is 5.75 Å². The molecule has 0 spiro atoms. The summed E-state index contributed by atoms with van der Waals surface area (Å²) in [6.45, 7) is 0.0210. The molecule has 0 bridgehead atoms. The van der Waals surface area contributed by atoms with Gasteiger partial charge in [-0.3, -0.25) is 0 Å². The van der Waals surface area contributed by atoms with Crippen LogP contribution in [0.1, 0.15) is 18.0 Å².